The lowest BCUT2D eigenvalue weighted by Gasteiger charge is -2.29. The predicted molar refractivity (Wildman–Crippen MR) is 121 cm³/mol. The van der Waals surface area contributed by atoms with Crippen LogP contribution in [0.15, 0.2) is 42.5 Å². The maximum atomic E-state index is 13.0. The summed E-state index contributed by atoms with van der Waals surface area (Å²) in [6, 6.07) is 12.3. The minimum atomic E-state index is -0.629. The summed E-state index contributed by atoms with van der Waals surface area (Å²) in [5.41, 5.74) is 3.15. The molecule has 0 bridgehead atoms. The number of hydrogen-bond donors (Lipinski definition) is 1. The van der Waals surface area contributed by atoms with Gasteiger partial charge >= 0.3 is 0 Å². The van der Waals surface area contributed by atoms with Crippen LogP contribution in [0, 0.1) is 19.8 Å². The van der Waals surface area contributed by atoms with Gasteiger partial charge in [-0.2, -0.15) is 0 Å². The van der Waals surface area contributed by atoms with Crippen LogP contribution in [0.25, 0.3) is 0 Å². The lowest BCUT2D eigenvalue weighted by molar-refractivity contribution is -0.142. The number of halogens is 1. The maximum absolute atomic E-state index is 13.0. The molecule has 162 valence electrons. The monoisotopic (exact) mass is 430 g/mol. The van der Waals surface area contributed by atoms with Gasteiger partial charge in [-0.1, -0.05) is 43.6 Å². The molecule has 1 N–H and O–H groups in total. The predicted octanol–water partition coefficient (Wildman–Crippen LogP) is 4.53. The van der Waals surface area contributed by atoms with E-state index in [0.717, 1.165) is 16.7 Å². The van der Waals surface area contributed by atoms with E-state index in [0.29, 0.717) is 29.8 Å². The number of carbonyl (C=O) groups excluding carboxylic acids is 2. The molecule has 2 aromatic carbocycles. The Labute approximate surface area is 184 Å². The Balaban J connectivity index is 2.13. The van der Waals surface area contributed by atoms with Gasteiger partial charge < -0.3 is 15.0 Å². The van der Waals surface area contributed by atoms with Crippen LogP contribution in [-0.2, 0) is 16.1 Å². The summed E-state index contributed by atoms with van der Waals surface area (Å²) in [7, 11) is 0. The van der Waals surface area contributed by atoms with Crippen molar-refractivity contribution in [2.24, 2.45) is 5.92 Å². The summed E-state index contributed by atoms with van der Waals surface area (Å²) in [5.74, 6) is 0.525. The Morgan fingerprint density at radius 1 is 1.03 bits per heavy atom. The molecule has 0 spiro atoms. The second-order valence-electron chi connectivity index (χ2n) is 8.00. The van der Waals surface area contributed by atoms with Crippen molar-refractivity contribution in [3.63, 3.8) is 0 Å². The van der Waals surface area contributed by atoms with Gasteiger partial charge in [-0.3, -0.25) is 9.59 Å². The Kier molecular flexibility index (Phi) is 8.72. The van der Waals surface area contributed by atoms with E-state index in [4.69, 9.17) is 16.3 Å². The zero-order chi connectivity index (χ0) is 22.3. The number of benzene rings is 2. The molecule has 0 saturated heterocycles. The average molecular weight is 431 g/mol. The van der Waals surface area contributed by atoms with Gasteiger partial charge in [0.1, 0.15) is 11.8 Å². The molecular weight excluding hydrogens is 400 g/mol. The van der Waals surface area contributed by atoms with E-state index in [-0.39, 0.29) is 18.4 Å². The van der Waals surface area contributed by atoms with E-state index in [1.807, 2.05) is 58.0 Å². The van der Waals surface area contributed by atoms with E-state index in [1.165, 1.54) is 0 Å². The van der Waals surface area contributed by atoms with Crippen LogP contribution in [0.5, 0.6) is 5.75 Å². The zero-order valence-corrected chi connectivity index (χ0v) is 19.1. The molecule has 0 saturated carbocycles. The molecular formula is C24H31ClN2O3. The Bertz CT molecular complexity index is 865. The quantitative estimate of drug-likeness (QED) is 0.636. The molecule has 5 nitrogen and oxygen atoms in total. The van der Waals surface area contributed by atoms with Crippen LogP contribution in [-0.4, -0.2) is 35.9 Å². The van der Waals surface area contributed by atoms with Crippen LogP contribution >= 0.6 is 11.6 Å². The average Bonchev–Trinajstić information content (AvgIpc) is 2.71. The topological polar surface area (TPSA) is 58.6 Å². The normalized spacial score (nSPS) is 11.8. The number of nitrogens with zero attached hydrogens (tertiary/aromatic N) is 1. The van der Waals surface area contributed by atoms with Crippen molar-refractivity contribution in [3.8, 4) is 5.75 Å². The second kappa shape index (κ2) is 11.0. The standard InChI is InChI=1S/C24H31ClN2O3/c1-16(2)13-26-24(29)19(5)27(14-20-7-9-21(25)10-8-20)23(28)15-30-22-11-6-17(3)18(4)12-22/h6-12,16,19H,13-15H2,1-5H3,(H,26,29)/t19-/m1/s1. The van der Waals surface area contributed by atoms with Gasteiger partial charge in [0.2, 0.25) is 5.91 Å². The van der Waals surface area contributed by atoms with E-state index in [2.05, 4.69) is 5.32 Å². The minimum absolute atomic E-state index is 0.141. The van der Waals surface area contributed by atoms with E-state index >= 15 is 0 Å². The van der Waals surface area contributed by atoms with Crippen molar-refractivity contribution < 1.29 is 14.3 Å². The van der Waals surface area contributed by atoms with Gasteiger partial charge in [-0.05, 0) is 67.6 Å². The van der Waals surface area contributed by atoms with Crippen molar-refractivity contribution in [3.05, 3.63) is 64.2 Å². The number of hydrogen-bond acceptors (Lipinski definition) is 3. The molecule has 0 heterocycles. The zero-order valence-electron chi connectivity index (χ0n) is 18.4. The number of nitrogens with one attached hydrogen (secondary N) is 1. The van der Waals surface area contributed by atoms with Crippen molar-refractivity contribution in [1.82, 2.24) is 10.2 Å². The highest BCUT2D eigenvalue weighted by molar-refractivity contribution is 6.30. The third-order valence-corrected chi connectivity index (χ3v) is 5.21. The molecule has 0 unspecified atom stereocenters. The van der Waals surface area contributed by atoms with Crippen LogP contribution in [0.3, 0.4) is 0 Å². The number of rotatable bonds is 9. The fraction of sp³-hybridized carbons (Fsp3) is 0.417. The first-order chi connectivity index (χ1) is 14.2. The number of ether oxygens (including phenoxy) is 1. The number of carbonyl (C=O) groups is 2. The van der Waals surface area contributed by atoms with Gasteiger partial charge in [0.15, 0.2) is 6.61 Å². The first-order valence-electron chi connectivity index (χ1n) is 10.2. The van der Waals surface area contributed by atoms with Crippen LogP contribution in [0.1, 0.15) is 37.5 Å². The molecule has 0 aliphatic rings. The maximum Gasteiger partial charge on any atom is 0.261 e. The van der Waals surface area contributed by atoms with Crippen LogP contribution < -0.4 is 10.1 Å². The molecule has 6 heteroatoms. The lowest BCUT2D eigenvalue weighted by Crippen LogP contribution is -2.49. The lowest BCUT2D eigenvalue weighted by atomic mass is 10.1. The molecule has 30 heavy (non-hydrogen) atoms. The largest absolute Gasteiger partial charge is 0.484 e. The smallest absolute Gasteiger partial charge is 0.261 e. The Hall–Kier alpha value is -2.53. The number of aryl methyl sites for hydroxylation is 2. The van der Waals surface area contributed by atoms with Gasteiger partial charge in [0.25, 0.3) is 5.91 Å². The minimum Gasteiger partial charge on any atom is -0.484 e. The first kappa shape index (κ1) is 23.7. The van der Waals surface area contributed by atoms with Gasteiger partial charge in [0.05, 0.1) is 0 Å². The molecule has 0 radical (unpaired) electrons. The number of amides is 2. The highest BCUT2D eigenvalue weighted by Gasteiger charge is 2.26. The first-order valence-corrected chi connectivity index (χ1v) is 10.6. The van der Waals surface area contributed by atoms with Crippen LogP contribution in [0.4, 0.5) is 0 Å². The highest BCUT2D eigenvalue weighted by Crippen LogP contribution is 2.18. The van der Waals surface area contributed by atoms with Gasteiger partial charge in [-0.15, -0.1) is 0 Å². The molecule has 1 atom stereocenters. The second-order valence-corrected chi connectivity index (χ2v) is 8.43. The Morgan fingerprint density at radius 2 is 1.70 bits per heavy atom. The van der Waals surface area contributed by atoms with E-state index in [9.17, 15) is 9.59 Å². The fourth-order valence-electron chi connectivity index (χ4n) is 2.85. The van der Waals surface area contributed by atoms with Crippen molar-refractivity contribution in [2.75, 3.05) is 13.2 Å². The third kappa shape index (κ3) is 7.06. The fourth-order valence-corrected chi connectivity index (χ4v) is 2.98. The molecule has 2 amide bonds. The SMILES string of the molecule is Cc1ccc(OCC(=O)N(Cc2ccc(Cl)cc2)[C@H](C)C(=O)NCC(C)C)cc1C. The molecule has 2 aromatic rings. The van der Waals surface area contributed by atoms with Crippen molar-refractivity contribution in [2.45, 2.75) is 47.2 Å². The van der Waals surface area contributed by atoms with E-state index < -0.39 is 6.04 Å². The van der Waals surface area contributed by atoms with Gasteiger partial charge in [0, 0.05) is 18.1 Å². The molecule has 0 aliphatic carbocycles. The molecule has 0 aromatic heterocycles. The third-order valence-electron chi connectivity index (χ3n) is 4.96. The summed E-state index contributed by atoms with van der Waals surface area (Å²) in [6.07, 6.45) is 0. The summed E-state index contributed by atoms with van der Waals surface area (Å²) >= 11 is 5.97. The highest BCUT2D eigenvalue weighted by atomic mass is 35.5. The van der Waals surface area contributed by atoms with Gasteiger partial charge in [-0.25, -0.2) is 0 Å². The molecule has 0 aliphatic heterocycles. The van der Waals surface area contributed by atoms with E-state index in [1.54, 1.807) is 24.0 Å². The summed E-state index contributed by atoms with van der Waals surface area (Å²) in [6.45, 7) is 10.5. The van der Waals surface area contributed by atoms with Crippen molar-refractivity contribution in [1.29, 1.82) is 0 Å². The summed E-state index contributed by atoms with van der Waals surface area (Å²) in [5, 5.41) is 3.53. The summed E-state index contributed by atoms with van der Waals surface area (Å²) < 4.78 is 5.73. The molecule has 0 fully saturated rings. The van der Waals surface area contributed by atoms with Crippen molar-refractivity contribution >= 4 is 23.4 Å². The Morgan fingerprint density at radius 3 is 2.30 bits per heavy atom. The van der Waals surface area contributed by atoms with Crippen LogP contribution in [0.2, 0.25) is 5.02 Å². The summed E-state index contributed by atoms with van der Waals surface area (Å²) in [4.78, 5) is 27.2. The molecule has 2 rings (SSSR count).